The molecule has 1 fully saturated rings. The van der Waals surface area contributed by atoms with Crippen LogP contribution >= 0.6 is 0 Å². The third-order valence-electron chi connectivity index (χ3n) is 3.83. The van der Waals surface area contributed by atoms with Gasteiger partial charge in [-0.05, 0) is 19.8 Å². The fraction of sp³-hybridized carbons (Fsp3) is 0.714. The van der Waals surface area contributed by atoms with E-state index in [0.29, 0.717) is 12.8 Å². The second-order valence-corrected chi connectivity index (χ2v) is 5.54. The number of aromatic nitrogens is 1. The lowest BCUT2D eigenvalue weighted by Crippen LogP contribution is -2.25. The van der Waals surface area contributed by atoms with Gasteiger partial charge in [-0.3, -0.25) is 0 Å². The van der Waals surface area contributed by atoms with Crippen LogP contribution in [0.5, 0.6) is 0 Å². The van der Waals surface area contributed by atoms with Crippen molar-refractivity contribution in [1.82, 2.24) is 4.98 Å². The summed E-state index contributed by atoms with van der Waals surface area (Å²) >= 11 is 0. The first-order chi connectivity index (χ1) is 9.78. The average Bonchev–Trinajstić information content (AvgIpc) is 2.85. The molecule has 1 aromatic rings. The second-order valence-electron chi connectivity index (χ2n) is 5.54. The van der Waals surface area contributed by atoms with Crippen LogP contribution in [0, 0.1) is 0 Å². The Morgan fingerprint density at radius 3 is 2.48 bits per heavy atom. The van der Waals surface area contributed by atoms with Gasteiger partial charge >= 0.3 is 12.1 Å². The highest BCUT2D eigenvalue weighted by Crippen LogP contribution is 2.41. The maximum Gasteiger partial charge on any atom is 0.437 e. The molecule has 0 amide bonds. The van der Waals surface area contributed by atoms with Crippen molar-refractivity contribution >= 4 is 5.97 Å². The molecule has 7 heteroatoms. The number of oxazole rings is 1. The number of carbonyl (C=O) groups is 1. The van der Waals surface area contributed by atoms with E-state index < -0.39 is 29.0 Å². The first-order valence-corrected chi connectivity index (χ1v) is 7.03. The lowest BCUT2D eigenvalue weighted by Gasteiger charge is -2.30. The summed E-state index contributed by atoms with van der Waals surface area (Å²) in [5.74, 6) is -1.98. The largest absolute Gasteiger partial charge is 0.460 e. The Morgan fingerprint density at radius 2 is 1.95 bits per heavy atom. The monoisotopic (exact) mass is 305 g/mol. The number of alkyl halides is 3. The molecule has 4 nitrogen and oxygen atoms in total. The summed E-state index contributed by atoms with van der Waals surface area (Å²) in [4.78, 5) is 15.2. The van der Waals surface area contributed by atoms with Crippen molar-refractivity contribution in [1.29, 1.82) is 0 Å². The summed E-state index contributed by atoms with van der Waals surface area (Å²) in [6.07, 6.45) is -0.466. The fourth-order valence-electron chi connectivity index (χ4n) is 2.65. The number of carbonyl (C=O) groups excluding carboxylic acids is 1. The summed E-state index contributed by atoms with van der Waals surface area (Å²) in [5.41, 5.74) is -1.84. The van der Waals surface area contributed by atoms with Gasteiger partial charge in [0, 0.05) is 5.41 Å². The summed E-state index contributed by atoms with van der Waals surface area (Å²) < 4.78 is 48.9. The lowest BCUT2D eigenvalue weighted by molar-refractivity contribution is -0.141. The zero-order chi connectivity index (χ0) is 15.7. The third-order valence-corrected chi connectivity index (χ3v) is 3.83. The Kier molecular flexibility index (Phi) is 4.30. The zero-order valence-corrected chi connectivity index (χ0v) is 12.0. The molecule has 1 aliphatic rings. The highest BCUT2D eigenvalue weighted by Gasteiger charge is 2.44. The molecule has 0 saturated heterocycles. The molecule has 1 saturated carbocycles. The van der Waals surface area contributed by atoms with Gasteiger partial charge in [0.25, 0.3) is 0 Å². The number of hydrogen-bond donors (Lipinski definition) is 0. The van der Waals surface area contributed by atoms with E-state index in [1.165, 1.54) is 6.92 Å². The number of esters is 1. The molecule has 0 atom stereocenters. The van der Waals surface area contributed by atoms with Crippen molar-refractivity contribution < 1.29 is 27.1 Å². The maximum absolute atomic E-state index is 13.0. The van der Waals surface area contributed by atoms with E-state index in [1.807, 2.05) is 6.92 Å². The second kappa shape index (κ2) is 5.69. The minimum Gasteiger partial charge on any atom is -0.460 e. The molecule has 1 aliphatic carbocycles. The number of nitrogens with zero attached hydrogens (tertiary/aromatic N) is 1. The number of hydrogen-bond acceptors (Lipinski definition) is 4. The first kappa shape index (κ1) is 15.9. The van der Waals surface area contributed by atoms with Crippen LogP contribution < -0.4 is 0 Å². The van der Waals surface area contributed by atoms with Gasteiger partial charge in [0.1, 0.15) is 0 Å². The summed E-state index contributed by atoms with van der Waals surface area (Å²) in [7, 11) is 0. The van der Waals surface area contributed by atoms with E-state index in [-0.39, 0.29) is 12.5 Å². The van der Waals surface area contributed by atoms with Gasteiger partial charge in [0.05, 0.1) is 6.61 Å². The Hall–Kier alpha value is -1.53. The van der Waals surface area contributed by atoms with E-state index in [4.69, 9.17) is 4.42 Å². The molecule has 0 aromatic carbocycles. The average molecular weight is 305 g/mol. The van der Waals surface area contributed by atoms with Crippen LogP contribution in [0.2, 0.25) is 0 Å². The number of ether oxygens (including phenoxy) is 1. The molecular formula is C14H18F3NO3. The van der Waals surface area contributed by atoms with Crippen molar-refractivity contribution in [2.24, 2.45) is 0 Å². The van der Waals surface area contributed by atoms with E-state index in [0.717, 1.165) is 19.3 Å². The molecule has 0 bridgehead atoms. The molecule has 118 valence electrons. The van der Waals surface area contributed by atoms with Gasteiger partial charge in [0.2, 0.25) is 11.7 Å². The van der Waals surface area contributed by atoms with Crippen molar-refractivity contribution in [3.63, 3.8) is 0 Å². The van der Waals surface area contributed by atoms with Crippen molar-refractivity contribution in [3.8, 4) is 0 Å². The standard InChI is InChI=1S/C14H18F3NO3/c1-3-20-11(19)9-10(14(15,16)17)18-12(21-9)13(2)7-5-4-6-8-13/h3-8H2,1-2H3. The maximum atomic E-state index is 13.0. The van der Waals surface area contributed by atoms with E-state index in [2.05, 4.69) is 9.72 Å². The minimum absolute atomic E-state index is 0.0161. The summed E-state index contributed by atoms with van der Waals surface area (Å²) in [6, 6.07) is 0. The van der Waals surface area contributed by atoms with Crippen LogP contribution in [0.25, 0.3) is 0 Å². The molecule has 0 radical (unpaired) electrons. The van der Waals surface area contributed by atoms with Crippen molar-refractivity contribution in [2.75, 3.05) is 6.61 Å². The molecular weight excluding hydrogens is 287 g/mol. The zero-order valence-electron chi connectivity index (χ0n) is 12.0. The van der Waals surface area contributed by atoms with Crippen LogP contribution in [-0.4, -0.2) is 17.6 Å². The third kappa shape index (κ3) is 3.22. The van der Waals surface area contributed by atoms with E-state index in [9.17, 15) is 18.0 Å². The molecule has 1 aromatic heterocycles. The predicted octanol–water partition coefficient (Wildman–Crippen LogP) is 4.09. The molecule has 0 N–H and O–H groups in total. The number of rotatable bonds is 3. The Morgan fingerprint density at radius 1 is 1.33 bits per heavy atom. The molecule has 21 heavy (non-hydrogen) atoms. The molecule has 0 aliphatic heterocycles. The van der Waals surface area contributed by atoms with Crippen LogP contribution in [0.1, 0.15) is 68.1 Å². The van der Waals surface area contributed by atoms with Gasteiger partial charge in [-0.1, -0.05) is 26.2 Å². The van der Waals surface area contributed by atoms with Crippen molar-refractivity contribution in [3.05, 3.63) is 17.3 Å². The van der Waals surface area contributed by atoms with Gasteiger partial charge in [0.15, 0.2) is 5.69 Å². The van der Waals surface area contributed by atoms with E-state index >= 15 is 0 Å². The van der Waals surface area contributed by atoms with Crippen molar-refractivity contribution in [2.45, 2.75) is 57.5 Å². The Labute approximate surface area is 120 Å². The fourth-order valence-corrected chi connectivity index (χ4v) is 2.65. The lowest BCUT2D eigenvalue weighted by atomic mass is 9.76. The van der Waals surface area contributed by atoms with Gasteiger partial charge < -0.3 is 9.15 Å². The SMILES string of the molecule is CCOC(=O)c1oc(C2(C)CCCCC2)nc1C(F)(F)F. The summed E-state index contributed by atoms with van der Waals surface area (Å²) in [6.45, 7) is 3.32. The van der Waals surface area contributed by atoms with Crippen LogP contribution in [0.4, 0.5) is 13.2 Å². The van der Waals surface area contributed by atoms with Gasteiger partial charge in [-0.15, -0.1) is 0 Å². The van der Waals surface area contributed by atoms with Crippen LogP contribution in [0.3, 0.4) is 0 Å². The first-order valence-electron chi connectivity index (χ1n) is 7.03. The number of halogens is 3. The predicted molar refractivity (Wildman–Crippen MR) is 67.9 cm³/mol. The smallest absolute Gasteiger partial charge is 0.437 e. The molecule has 0 unspecified atom stereocenters. The minimum atomic E-state index is -4.74. The topological polar surface area (TPSA) is 52.3 Å². The highest BCUT2D eigenvalue weighted by atomic mass is 19.4. The van der Waals surface area contributed by atoms with Gasteiger partial charge in [-0.25, -0.2) is 9.78 Å². The van der Waals surface area contributed by atoms with Gasteiger partial charge in [-0.2, -0.15) is 13.2 Å². The summed E-state index contributed by atoms with van der Waals surface area (Å²) in [5, 5.41) is 0. The van der Waals surface area contributed by atoms with E-state index in [1.54, 1.807) is 0 Å². The van der Waals surface area contributed by atoms with Crippen LogP contribution in [0.15, 0.2) is 4.42 Å². The normalized spacial score (nSPS) is 18.5. The molecule has 2 rings (SSSR count). The van der Waals surface area contributed by atoms with Crippen LogP contribution in [-0.2, 0) is 16.3 Å². The molecule has 0 spiro atoms. The Balaban J connectivity index is 2.43. The highest BCUT2D eigenvalue weighted by molar-refractivity contribution is 5.87. The molecule has 1 heterocycles. The Bertz CT molecular complexity index is 516. The quantitative estimate of drug-likeness (QED) is 0.789.